The van der Waals surface area contributed by atoms with E-state index in [0.717, 1.165) is 25.7 Å². The molecule has 0 bridgehead atoms. The van der Waals surface area contributed by atoms with Crippen molar-refractivity contribution in [2.45, 2.75) is 63.3 Å². The number of carboxylic acid groups (broad SMARTS) is 1. The Bertz CT molecular complexity index is 338. The monoisotopic (exact) mass is 302 g/mol. The molecule has 3 N–H and O–H groups in total. The molecular formula is C14H26N2O3S. The molecule has 4 unspecified atom stereocenters. The zero-order valence-electron chi connectivity index (χ0n) is 12.5. The van der Waals surface area contributed by atoms with Gasteiger partial charge in [-0.1, -0.05) is 26.7 Å². The average molecular weight is 302 g/mol. The highest BCUT2D eigenvalue weighted by molar-refractivity contribution is 7.99. The average Bonchev–Trinajstić information content (AvgIpc) is 2.43. The van der Waals surface area contributed by atoms with Crippen molar-refractivity contribution in [1.82, 2.24) is 10.6 Å². The van der Waals surface area contributed by atoms with Crippen LogP contribution in [0.5, 0.6) is 0 Å². The molecule has 20 heavy (non-hydrogen) atoms. The SMILES string of the molecule is CCC(C)C(NC(=O)NC1CCCC(SC)C1)C(=O)O. The fourth-order valence-corrected chi connectivity index (χ4v) is 3.37. The molecule has 1 aliphatic rings. The molecule has 1 fully saturated rings. The Hall–Kier alpha value is -0.910. The van der Waals surface area contributed by atoms with Gasteiger partial charge in [0.05, 0.1) is 0 Å². The van der Waals surface area contributed by atoms with Crippen LogP contribution in [0.15, 0.2) is 0 Å². The van der Waals surface area contributed by atoms with Crippen LogP contribution in [0.2, 0.25) is 0 Å². The van der Waals surface area contributed by atoms with E-state index in [2.05, 4.69) is 16.9 Å². The number of hydrogen-bond donors (Lipinski definition) is 3. The van der Waals surface area contributed by atoms with Crippen molar-refractivity contribution >= 4 is 23.8 Å². The van der Waals surface area contributed by atoms with Gasteiger partial charge < -0.3 is 15.7 Å². The minimum Gasteiger partial charge on any atom is -0.480 e. The van der Waals surface area contributed by atoms with E-state index in [4.69, 9.17) is 5.11 Å². The summed E-state index contributed by atoms with van der Waals surface area (Å²) in [6, 6.07) is -1.02. The largest absolute Gasteiger partial charge is 0.480 e. The fourth-order valence-electron chi connectivity index (χ4n) is 2.54. The van der Waals surface area contributed by atoms with E-state index in [1.165, 1.54) is 6.42 Å². The van der Waals surface area contributed by atoms with Gasteiger partial charge in [0, 0.05) is 11.3 Å². The van der Waals surface area contributed by atoms with Crippen molar-refractivity contribution < 1.29 is 14.7 Å². The number of hydrogen-bond acceptors (Lipinski definition) is 3. The predicted molar refractivity (Wildman–Crippen MR) is 82.1 cm³/mol. The summed E-state index contributed by atoms with van der Waals surface area (Å²) in [6.07, 6.45) is 7.07. The van der Waals surface area contributed by atoms with Crippen molar-refractivity contribution in [2.75, 3.05) is 6.26 Å². The number of carbonyl (C=O) groups is 2. The quantitative estimate of drug-likeness (QED) is 0.704. The van der Waals surface area contributed by atoms with Crippen LogP contribution >= 0.6 is 11.8 Å². The Balaban J connectivity index is 2.47. The molecule has 0 radical (unpaired) electrons. The first-order valence-electron chi connectivity index (χ1n) is 7.30. The highest BCUT2D eigenvalue weighted by Crippen LogP contribution is 2.26. The second-order valence-electron chi connectivity index (χ2n) is 5.54. The molecule has 116 valence electrons. The standard InChI is InChI=1S/C14H26N2O3S/c1-4-9(2)12(13(17)18)16-14(19)15-10-6-5-7-11(8-10)20-3/h9-12H,4-8H2,1-3H3,(H,17,18)(H2,15,16,19). The van der Waals surface area contributed by atoms with Gasteiger partial charge in [-0.25, -0.2) is 9.59 Å². The smallest absolute Gasteiger partial charge is 0.326 e. The first-order chi connectivity index (χ1) is 9.47. The molecule has 1 aliphatic carbocycles. The summed E-state index contributed by atoms with van der Waals surface area (Å²) in [5.41, 5.74) is 0. The molecule has 1 saturated carbocycles. The van der Waals surface area contributed by atoms with Crippen molar-refractivity contribution in [3.8, 4) is 0 Å². The van der Waals surface area contributed by atoms with E-state index in [0.29, 0.717) is 5.25 Å². The molecule has 0 aromatic heterocycles. The van der Waals surface area contributed by atoms with Crippen LogP contribution in [0.1, 0.15) is 46.0 Å². The van der Waals surface area contributed by atoms with Gasteiger partial charge in [0.2, 0.25) is 0 Å². The van der Waals surface area contributed by atoms with E-state index in [-0.39, 0.29) is 18.0 Å². The number of carbonyl (C=O) groups excluding carboxylic acids is 1. The number of aliphatic carboxylic acids is 1. The van der Waals surface area contributed by atoms with Gasteiger partial charge in [-0.3, -0.25) is 0 Å². The lowest BCUT2D eigenvalue weighted by Crippen LogP contribution is -2.52. The minimum atomic E-state index is -0.972. The van der Waals surface area contributed by atoms with E-state index >= 15 is 0 Å². The zero-order chi connectivity index (χ0) is 15.1. The molecule has 2 amide bonds. The van der Waals surface area contributed by atoms with Crippen molar-refractivity contribution in [1.29, 1.82) is 0 Å². The number of urea groups is 1. The Labute approximate surface area is 125 Å². The van der Waals surface area contributed by atoms with E-state index in [1.54, 1.807) is 0 Å². The first kappa shape index (κ1) is 17.1. The summed E-state index contributed by atoms with van der Waals surface area (Å²) in [4.78, 5) is 23.1. The number of rotatable bonds is 6. The number of thioether (sulfide) groups is 1. The van der Waals surface area contributed by atoms with E-state index < -0.39 is 12.0 Å². The Morgan fingerprint density at radius 1 is 1.40 bits per heavy atom. The molecule has 0 aromatic rings. The summed E-state index contributed by atoms with van der Waals surface area (Å²) in [7, 11) is 0. The van der Waals surface area contributed by atoms with Gasteiger partial charge in [0.15, 0.2) is 0 Å². The third kappa shape index (κ3) is 5.23. The highest BCUT2D eigenvalue weighted by Gasteiger charge is 2.27. The molecule has 0 spiro atoms. The molecule has 4 atom stereocenters. The summed E-state index contributed by atoms with van der Waals surface area (Å²) < 4.78 is 0. The maximum atomic E-state index is 11.9. The van der Waals surface area contributed by atoms with Crippen LogP contribution in [-0.2, 0) is 4.79 Å². The molecule has 5 nitrogen and oxygen atoms in total. The van der Waals surface area contributed by atoms with Crippen LogP contribution in [0, 0.1) is 5.92 Å². The van der Waals surface area contributed by atoms with Crippen molar-refractivity contribution in [3.63, 3.8) is 0 Å². The van der Waals surface area contributed by atoms with Gasteiger partial charge in [-0.15, -0.1) is 0 Å². The Kier molecular flexibility index (Phi) is 7.19. The Morgan fingerprint density at radius 3 is 2.65 bits per heavy atom. The first-order valence-corrected chi connectivity index (χ1v) is 8.59. The maximum Gasteiger partial charge on any atom is 0.326 e. The second kappa shape index (κ2) is 8.39. The van der Waals surface area contributed by atoms with Crippen LogP contribution in [0.4, 0.5) is 4.79 Å². The lowest BCUT2D eigenvalue weighted by molar-refractivity contribution is -0.140. The van der Waals surface area contributed by atoms with Gasteiger partial charge in [-0.2, -0.15) is 11.8 Å². The van der Waals surface area contributed by atoms with Gasteiger partial charge >= 0.3 is 12.0 Å². The summed E-state index contributed by atoms with van der Waals surface area (Å²) in [5.74, 6) is -1.05. The van der Waals surface area contributed by atoms with Crippen LogP contribution in [0.25, 0.3) is 0 Å². The number of nitrogens with one attached hydrogen (secondary N) is 2. The fraction of sp³-hybridized carbons (Fsp3) is 0.857. The zero-order valence-corrected chi connectivity index (χ0v) is 13.3. The number of amides is 2. The highest BCUT2D eigenvalue weighted by atomic mass is 32.2. The number of carboxylic acids is 1. The molecular weight excluding hydrogens is 276 g/mol. The van der Waals surface area contributed by atoms with E-state index in [1.807, 2.05) is 25.6 Å². The van der Waals surface area contributed by atoms with E-state index in [9.17, 15) is 9.59 Å². The van der Waals surface area contributed by atoms with Gasteiger partial charge in [0.25, 0.3) is 0 Å². The predicted octanol–water partition coefficient (Wildman–Crippen LogP) is 2.46. The molecule has 0 aromatic carbocycles. The van der Waals surface area contributed by atoms with Gasteiger partial charge in [0.1, 0.15) is 6.04 Å². The summed E-state index contributed by atoms with van der Waals surface area (Å²) >= 11 is 1.84. The van der Waals surface area contributed by atoms with Gasteiger partial charge in [-0.05, 0) is 31.4 Å². The minimum absolute atomic E-state index is 0.0800. The van der Waals surface area contributed by atoms with Crippen molar-refractivity contribution in [2.24, 2.45) is 5.92 Å². The third-order valence-corrected chi connectivity index (χ3v) is 5.16. The van der Waals surface area contributed by atoms with Crippen LogP contribution in [-0.4, -0.2) is 40.7 Å². The van der Waals surface area contributed by atoms with Crippen LogP contribution in [0.3, 0.4) is 0 Å². The van der Waals surface area contributed by atoms with Crippen LogP contribution < -0.4 is 10.6 Å². The molecule has 0 heterocycles. The summed E-state index contributed by atoms with van der Waals surface area (Å²) in [5, 5.41) is 15.3. The lowest BCUT2D eigenvalue weighted by Gasteiger charge is -2.29. The Morgan fingerprint density at radius 2 is 2.10 bits per heavy atom. The topological polar surface area (TPSA) is 78.4 Å². The normalized spacial score (nSPS) is 25.6. The molecule has 0 aliphatic heterocycles. The second-order valence-corrected chi connectivity index (χ2v) is 6.68. The molecule has 6 heteroatoms. The lowest BCUT2D eigenvalue weighted by atomic mass is 9.95. The third-order valence-electron chi connectivity index (χ3n) is 4.06. The molecule has 0 saturated heterocycles. The van der Waals surface area contributed by atoms with Crippen molar-refractivity contribution in [3.05, 3.63) is 0 Å². The maximum absolute atomic E-state index is 11.9. The summed E-state index contributed by atoms with van der Waals surface area (Å²) in [6.45, 7) is 3.76. The molecule has 1 rings (SSSR count).